The number of fused-ring (bicyclic) bond motifs is 1. The third-order valence-corrected chi connectivity index (χ3v) is 3.86. The molecule has 2 saturated heterocycles. The normalized spacial score (nSPS) is 35.3. The van der Waals surface area contributed by atoms with Crippen LogP contribution in [0.4, 0.5) is 0 Å². The second-order valence-electron chi connectivity index (χ2n) is 4.89. The van der Waals surface area contributed by atoms with Gasteiger partial charge in [0, 0.05) is 31.5 Å². The Labute approximate surface area is 91.8 Å². The van der Waals surface area contributed by atoms with Gasteiger partial charge in [-0.1, -0.05) is 0 Å². The van der Waals surface area contributed by atoms with Crippen LogP contribution in [-0.4, -0.2) is 49.3 Å². The van der Waals surface area contributed by atoms with E-state index in [-0.39, 0.29) is 5.41 Å². The van der Waals surface area contributed by atoms with Gasteiger partial charge in [-0.25, -0.2) is 0 Å². The summed E-state index contributed by atoms with van der Waals surface area (Å²) in [7, 11) is 0. The Morgan fingerprint density at radius 2 is 2.47 bits per heavy atom. The van der Waals surface area contributed by atoms with Crippen LogP contribution in [0.15, 0.2) is 0 Å². The van der Waals surface area contributed by atoms with Crippen molar-refractivity contribution in [2.24, 2.45) is 11.3 Å². The third-order valence-electron chi connectivity index (χ3n) is 3.86. The molecule has 2 atom stereocenters. The van der Waals surface area contributed by atoms with Crippen molar-refractivity contribution in [3.63, 3.8) is 0 Å². The van der Waals surface area contributed by atoms with Crippen LogP contribution < -0.4 is 5.32 Å². The van der Waals surface area contributed by atoms with Gasteiger partial charge in [-0.3, -0.25) is 0 Å². The van der Waals surface area contributed by atoms with E-state index in [1.165, 1.54) is 0 Å². The molecule has 0 radical (unpaired) electrons. The quantitative estimate of drug-likeness (QED) is 0.501. The van der Waals surface area contributed by atoms with Gasteiger partial charge in [0.15, 0.2) is 0 Å². The van der Waals surface area contributed by atoms with Gasteiger partial charge in [0.1, 0.15) is 0 Å². The Morgan fingerprint density at radius 1 is 1.60 bits per heavy atom. The molecule has 15 heavy (non-hydrogen) atoms. The topological polar surface area (TPSA) is 35.5 Å². The van der Waals surface area contributed by atoms with Crippen LogP contribution in [0.25, 0.3) is 0 Å². The molecule has 2 heterocycles. The second kappa shape index (κ2) is 4.52. The molecule has 0 saturated carbocycles. The number of rotatable bonds is 4. The van der Waals surface area contributed by atoms with Crippen LogP contribution in [0.5, 0.6) is 0 Å². The molecular weight excluding hydrogens is 188 g/mol. The van der Waals surface area contributed by atoms with Crippen molar-refractivity contribution in [2.45, 2.75) is 12.8 Å². The van der Waals surface area contributed by atoms with Gasteiger partial charge in [0.25, 0.3) is 0 Å². The van der Waals surface area contributed by atoms with E-state index in [1.807, 2.05) is 0 Å². The van der Waals surface area contributed by atoms with Crippen LogP contribution in [0, 0.1) is 23.7 Å². The van der Waals surface area contributed by atoms with E-state index in [9.17, 15) is 5.11 Å². The van der Waals surface area contributed by atoms with E-state index >= 15 is 0 Å². The minimum absolute atomic E-state index is 0.135. The molecule has 0 amide bonds. The molecule has 3 heteroatoms. The van der Waals surface area contributed by atoms with Crippen LogP contribution in [0.2, 0.25) is 0 Å². The first-order valence-electron chi connectivity index (χ1n) is 5.78. The molecular formula is C12H20N2O. The lowest BCUT2D eigenvalue weighted by Crippen LogP contribution is -2.36. The van der Waals surface area contributed by atoms with Gasteiger partial charge in [0.2, 0.25) is 0 Å². The zero-order valence-corrected chi connectivity index (χ0v) is 9.21. The van der Waals surface area contributed by atoms with Crippen LogP contribution in [0.1, 0.15) is 12.8 Å². The van der Waals surface area contributed by atoms with Gasteiger partial charge in [0.05, 0.1) is 6.61 Å². The number of hydrogen-bond donors (Lipinski definition) is 2. The number of aliphatic hydroxyl groups excluding tert-OH is 1. The van der Waals surface area contributed by atoms with E-state index in [1.54, 1.807) is 0 Å². The highest BCUT2D eigenvalue weighted by Crippen LogP contribution is 2.38. The number of likely N-dealkylation sites (tertiary alicyclic amines) is 1. The Hall–Kier alpha value is -0.560. The van der Waals surface area contributed by atoms with Crippen molar-refractivity contribution >= 4 is 0 Å². The first-order chi connectivity index (χ1) is 7.30. The summed E-state index contributed by atoms with van der Waals surface area (Å²) < 4.78 is 0. The predicted octanol–water partition coefficient (Wildman–Crippen LogP) is -0.0865. The maximum absolute atomic E-state index is 9.52. The number of terminal acetylenes is 1. The summed E-state index contributed by atoms with van der Waals surface area (Å²) in [6.07, 6.45) is 7.19. The number of nitrogens with one attached hydrogen (secondary N) is 1. The summed E-state index contributed by atoms with van der Waals surface area (Å²) >= 11 is 0. The van der Waals surface area contributed by atoms with Crippen molar-refractivity contribution in [1.82, 2.24) is 10.2 Å². The van der Waals surface area contributed by atoms with Gasteiger partial charge in [-0.05, 0) is 25.4 Å². The molecule has 2 rings (SSSR count). The van der Waals surface area contributed by atoms with Gasteiger partial charge < -0.3 is 15.3 Å². The third kappa shape index (κ3) is 2.03. The fourth-order valence-corrected chi connectivity index (χ4v) is 2.93. The molecule has 2 fully saturated rings. The summed E-state index contributed by atoms with van der Waals surface area (Å²) in [5, 5.41) is 12.9. The summed E-state index contributed by atoms with van der Waals surface area (Å²) in [4.78, 5) is 2.46. The van der Waals surface area contributed by atoms with E-state index < -0.39 is 0 Å². The molecule has 84 valence electrons. The molecule has 0 bridgehead atoms. The van der Waals surface area contributed by atoms with Crippen LogP contribution in [-0.2, 0) is 0 Å². The summed E-state index contributed by atoms with van der Waals surface area (Å²) in [5.74, 6) is 3.31. The molecule has 0 aliphatic carbocycles. The average Bonchev–Trinajstić information content (AvgIpc) is 2.74. The number of aliphatic hydroxyl groups is 1. The monoisotopic (exact) mass is 208 g/mol. The highest BCUT2D eigenvalue weighted by atomic mass is 16.3. The smallest absolute Gasteiger partial charge is 0.0515 e. The molecule has 3 nitrogen and oxygen atoms in total. The molecule has 2 N–H and O–H groups in total. The SMILES string of the molecule is C#CCCCN1CC2CNCC2(CO)C1. The first-order valence-corrected chi connectivity index (χ1v) is 5.78. The largest absolute Gasteiger partial charge is 0.396 e. The summed E-state index contributed by atoms with van der Waals surface area (Å²) in [6.45, 7) is 5.59. The Bertz CT molecular complexity index is 261. The Morgan fingerprint density at radius 3 is 3.13 bits per heavy atom. The van der Waals surface area contributed by atoms with Crippen molar-refractivity contribution < 1.29 is 5.11 Å². The molecule has 2 unspecified atom stereocenters. The lowest BCUT2D eigenvalue weighted by molar-refractivity contribution is 0.124. The highest BCUT2D eigenvalue weighted by Gasteiger charge is 2.48. The zero-order chi connectivity index (χ0) is 10.7. The predicted molar refractivity (Wildman–Crippen MR) is 60.4 cm³/mol. The fourth-order valence-electron chi connectivity index (χ4n) is 2.93. The maximum atomic E-state index is 9.52. The maximum Gasteiger partial charge on any atom is 0.0515 e. The van der Waals surface area contributed by atoms with Crippen molar-refractivity contribution in [3.8, 4) is 12.3 Å². The zero-order valence-electron chi connectivity index (χ0n) is 9.21. The van der Waals surface area contributed by atoms with Gasteiger partial charge in [-0.2, -0.15) is 0 Å². The second-order valence-corrected chi connectivity index (χ2v) is 4.89. The van der Waals surface area contributed by atoms with E-state index in [0.717, 1.165) is 45.6 Å². The van der Waals surface area contributed by atoms with Crippen LogP contribution >= 0.6 is 0 Å². The van der Waals surface area contributed by atoms with Crippen molar-refractivity contribution in [3.05, 3.63) is 0 Å². The Balaban J connectivity index is 1.86. The number of nitrogens with zero attached hydrogens (tertiary/aromatic N) is 1. The minimum Gasteiger partial charge on any atom is -0.396 e. The molecule has 2 aliphatic rings. The van der Waals surface area contributed by atoms with Gasteiger partial charge in [-0.15, -0.1) is 12.3 Å². The first kappa shape index (κ1) is 10.9. The van der Waals surface area contributed by atoms with Crippen molar-refractivity contribution in [2.75, 3.05) is 39.3 Å². The summed E-state index contributed by atoms with van der Waals surface area (Å²) in [5.41, 5.74) is 0.135. The van der Waals surface area contributed by atoms with E-state index in [2.05, 4.69) is 16.1 Å². The highest BCUT2D eigenvalue weighted by molar-refractivity contribution is 5.02. The lowest BCUT2D eigenvalue weighted by Gasteiger charge is -2.25. The number of hydrogen-bond acceptors (Lipinski definition) is 3. The van der Waals surface area contributed by atoms with E-state index in [4.69, 9.17) is 6.42 Å². The molecule has 0 aromatic heterocycles. The molecule has 2 aliphatic heterocycles. The number of unbranched alkanes of at least 4 members (excludes halogenated alkanes) is 1. The average molecular weight is 208 g/mol. The molecule has 0 spiro atoms. The van der Waals surface area contributed by atoms with Gasteiger partial charge >= 0.3 is 0 Å². The standard InChI is InChI=1S/C12H20N2O/c1-2-3-4-5-14-7-11-6-13-8-12(11,9-14)10-15/h1,11,13,15H,3-10H2. The fraction of sp³-hybridized carbons (Fsp3) is 0.833. The van der Waals surface area contributed by atoms with Crippen molar-refractivity contribution in [1.29, 1.82) is 0 Å². The van der Waals surface area contributed by atoms with Crippen LogP contribution in [0.3, 0.4) is 0 Å². The molecule has 0 aromatic rings. The summed E-state index contributed by atoms with van der Waals surface area (Å²) in [6, 6.07) is 0. The minimum atomic E-state index is 0.135. The van der Waals surface area contributed by atoms with E-state index in [0.29, 0.717) is 12.5 Å². The lowest BCUT2D eigenvalue weighted by atomic mass is 9.82. The molecule has 0 aromatic carbocycles. The Kier molecular flexibility index (Phi) is 3.30.